The Bertz CT molecular complexity index is 660. The molecule has 0 spiro atoms. The predicted octanol–water partition coefficient (Wildman–Crippen LogP) is 2.35. The highest BCUT2D eigenvalue weighted by molar-refractivity contribution is 6.29. The van der Waals surface area contributed by atoms with Gasteiger partial charge in [-0.2, -0.15) is 0 Å². The van der Waals surface area contributed by atoms with Crippen molar-refractivity contribution >= 4 is 23.4 Å². The average Bonchev–Trinajstić information content (AvgIpc) is 2.81. The lowest BCUT2D eigenvalue weighted by Crippen LogP contribution is -2.16. The number of nitrogens with zero attached hydrogens (tertiary/aromatic N) is 3. The first-order chi connectivity index (χ1) is 9.13. The molecule has 2 aromatic rings. The van der Waals surface area contributed by atoms with Crippen LogP contribution >= 0.6 is 11.6 Å². The van der Waals surface area contributed by atoms with Crippen molar-refractivity contribution in [1.29, 1.82) is 0 Å². The zero-order chi connectivity index (χ0) is 13.4. The van der Waals surface area contributed by atoms with E-state index in [-0.39, 0.29) is 0 Å². The van der Waals surface area contributed by atoms with Crippen LogP contribution in [0.15, 0.2) is 30.6 Å². The SMILES string of the molecule is O=C(O)c1ccc2c(c1)CN(c1cncc(Cl)n1)C2. The molecule has 1 aliphatic heterocycles. The molecule has 3 rings (SSSR count). The monoisotopic (exact) mass is 275 g/mol. The molecule has 1 N–H and O–H groups in total. The number of carbonyl (C=O) groups is 1. The lowest BCUT2D eigenvalue weighted by Gasteiger charge is -2.15. The minimum absolute atomic E-state index is 0.303. The number of rotatable bonds is 2. The maximum atomic E-state index is 10.9. The predicted molar refractivity (Wildman–Crippen MR) is 70.3 cm³/mol. The van der Waals surface area contributed by atoms with Gasteiger partial charge in [0.1, 0.15) is 11.0 Å². The number of halogens is 1. The summed E-state index contributed by atoms with van der Waals surface area (Å²) in [6, 6.07) is 5.17. The smallest absolute Gasteiger partial charge is 0.335 e. The van der Waals surface area contributed by atoms with Crippen molar-refractivity contribution < 1.29 is 9.90 Å². The molecule has 0 saturated carbocycles. The van der Waals surface area contributed by atoms with E-state index in [1.54, 1.807) is 18.3 Å². The summed E-state index contributed by atoms with van der Waals surface area (Å²) in [5.41, 5.74) is 2.41. The van der Waals surface area contributed by atoms with Crippen LogP contribution in [0, 0.1) is 0 Å². The fraction of sp³-hybridized carbons (Fsp3) is 0.154. The summed E-state index contributed by atoms with van der Waals surface area (Å²) in [6.07, 6.45) is 3.13. The molecular weight excluding hydrogens is 266 g/mol. The zero-order valence-electron chi connectivity index (χ0n) is 9.88. The number of carboxylic acids is 1. The lowest BCUT2D eigenvalue weighted by atomic mass is 10.1. The molecule has 1 aliphatic rings. The highest BCUT2D eigenvalue weighted by Crippen LogP contribution is 2.27. The Hall–Kier alpha value is -2.14. The van der Waals surface area contributed by atoms with Crippen molar-refractivity contribution in [2.75, 3.05) is 4.90 Å². The Morgan fingerprint density at radius 1 is 1.26 bits per heavy atom. The van der Waals surface area contributed by atoms with Crippen LogP contribution in [-0.4, -0.2) is 21.0 Å². The highest BCUT2D eigenvalue weighted by Gasteiger charge is 2.21. The maximum absolute atomic E-state index is 10.9. The third-order valence-corrected chi connectivity index (χ3v) is 3.27. The number of benzene rings is 1. The Kier molecular flexibility index (Phi) is 2.83. The Balaban J connectivity index is 1.90. The summed E-state index contributed by atoms with van der Waals surface area (Å²) in [7, 11) is 0. The topological polar surface area (TPSA) is 66.3 Å². The third-order valence-electron chi connectivity index (χ3n) is 3.09. The first-order valence-corrected chi connectivity index (χ1v) is 6.09. The van der Waals surface area contributed by atoms with Crippen LogP contribution in [0.25, 0.3) is 0 Å². The highest BCUT2D eigenvalue weighted by atomic mass is 35.5. The summed E-state index contributed by atoms with van der Waals surface area (Å²) >= 11 is 5.82. The molecule has 0 amide bonds. The van der Waals surface area contributed by atoms with E-state index in [0.29, 0.717) is 29.6 Å². The number of hydrogen-bond donors (Lipinski definition) is 1. The summed E-state index contributed by atoms with van der Waals surface area (Å²) in [6.45, 7) is 1.30. The van der Waals surface area contributed by atoms with Crippen LogP contribution in [0.1, 0.15) is 21.5 Å². The molecule has 0 bridgehead atoms. The molecule has 2 heterocycles. The number of fused-ring (bicyclic) bond motifs is 1. The normalized spacial score (nSPS) is 13.4. The minimum atomic E-state index is -0.913. The van der Waals surface area contributed by atoms with Crippen molar-refractivity contribution in [3.05, 3.63) is 52.4 Å². The van der Waals surface area contributed by atoms with Crippen LogP contribution in [-0.2, 0) is 13.1 Å². The molecule has 0 unspecified atom stereocenters. The molecule has 1 aromatic carbocycles. The fourth-order valence-electron chi connectivity index (χ4n) is 2.17. The van der Waals surface area contributed by atoms with E-state index in [0.717, 1.165) is 11.1 Å². The maximum Gasteiger partial charge on any atom is 0.335 e. The Labute approximate surface area is 114 Å². The fourth-order valence-corrected chi connectivity index (χ4v) is 2.32. The van der Waals surface area contributed by atoms with E-state index in [9.17, 15) is 4.79 Å². The van der Waals surface area contributed by atoms with Crippen molar-refractivity contribution in [3.63, 3.8) is 0 Å². The molecule has 0 atom stereocenters. The Morgan fingerprint density at radius 2 is 2.05 bits per heavy atom. The van der Waals surface area contributed by atoms with Crippen LogP contribution < -0.4 is 4.90 Å². The summed E-state index contributed by atoms with van der Waals surface area (Å²) < 4.78 is 0. The second-order valence-electron chi connectivity index (χ2n) is 4.34. The molecule has 0 radical (unpaired) electrons. The van der Waals surface area contributed by atoms with Gasteiger partial charge in [-0.15, -0.1) is 0 Å². The van der Waals surface area contributed by atoms with Crippen molar-refractivity contribution in [2.45, 2.75) is 13.1 Å². The van der Waals surface area contributed by atoms with Gasteiger partial charge in [0.15, 0.2) is 0 Å². The molecule has 0 aliphatic carbocycles. The van der Waals surface area contributed by atoms with Crippen molar-refractivity contribution in [2.24, 2.45) is 0 Å². The van der Waals surface area contributed by atoms with Crippen LogP contribution in [0.5, 0.6) is 0 Å². The minimum Gasteiger partial charge on any atom is -0.478 e. The van der Waals surface area contributed by atoms with Gasteiger partial charge < -0.3 is 10.0 Å². The van der Waals surface area contributed by atoms with Gasteiger partial charge in [0.2, 0.25) is 0 Å². The van der Waals surface area contributed by atoms with Gasteiger partial charge in [-0.05, 0) is 23.3 Å². The van der Waals surface area contributed by atoms with Gasteiger partial charge in [0, 0.05) is 13.1 Å². The van der Waals surface area contributed by atoms with E-state index in [4.69, 9.17) is 16.7 Å². The summed E-state index contributed by atoms with van der Waals surface area (Å²) in [5, 5.41) is 9.33. The van der Waals surface area contributed by atoms with Crippen molar-refractivity contribution in [3.8, 4) is 0 Å². The van der Waals surface area contributed by atoms with E-state index < -0.39 is 5.97 Å². The van der Waals surface area contributed by atoms with Crippen LogP contribution in [0.4, 0.5) is 5.82 Å². The van der Waals surface area contributed by atoms with E-state index in [1.165, 1.54) is 6.20 Å². The second kappa shape index (κ2) is 4.51. The standard InChI is InChI=1S/C13H10ClN3O2/c14-11-4-15-5-12(16-11)17-6-9-2-1-8(13(18)19)3-10(9)7-17/h1-5H,6-7H2,(H,18,19). The van der Waals surface area contributed by atoms with Crippen LogP contribution in [0.3, 0.4) is 0 Å². The molecule has 96 valence electrons. The van der Waals surface area contributed by atoms with Gasteiger partial charge in [0.05, 0.1) is 18.0 Å². The van der Waals surface area contributed by atoms with E-state index in [2.05, 4.69) is 9.97 Å². The molecule has 0 fully saturated rings. The van der Waals surface area contributed by atoms with Gasteiger partial charge >= 0.3 is 5.97 Å². The third kappa shape index (κ3) is 2.24. The molecule has 1 aromatic heterocycles. The van der Waals surface area contributed by atoms with Gasteiger partial charge in [-0.3, -0.25) is 4.98 Å². The summed E-state index contributed by atoms with van der Waals surface area (Å²) in [4.78, 5) is 21.2. The number of anilines is 1. The first-order valence-electron chi connectivity index (χ1n) is 5.71. The molecule has 5 nitrogen and oxygen atoms in total. The van der Waals surface area contributed by atoms with Gasteiger partial charge in [-0.25, -0.2) is 9.78 Å². The first kappa shape index (κ1) is 11.9. The van der Waals surface area contributed by atoms with E-state index in [1.807, 2.05) is 11.0 Å². The van der Waals surface area contributed by atoms with Crippen LogP contribution in [0.2, 0.25) is 5.15 Å². The number of aromatic carboxylic acids is 1. The van der Waals surface area contributed by atoms with Gasteiger partial charge in [-0.1, -0.05) is 17.7 Å². The molecule has 19 heavy (non-hydrogen) atoms. The molecule has 0 saturated heterocycles. The molecular formula is C13H10ClN3O2. The number of carboxylic acid groups (broad SMARTS) is 1. The second-order valence-corrected chi connectivity index (χ2v) is 4.73. The van der Waals surface area contributed by atoms with Gasteiger partial charge in [0.25, 0.3) is 0 Å². The van der Waals surface area contributed by atoms with Crippen molar-refractivity contribution in [1.82, 2.24) is 9.97 Å². The Morgan fingerprint density at radius 3 is 2.79 bits per heavy atom. The lowest BCUT2D eigenvalue weighted by molar-refractivity contribution is 0.0697. The zero-order valence-corrected chi connectivity index (χ0v) is 10.6. The number of hydrogen-bond acceptors (Lipinski definition) is 4. The van der Waals surface area contributed by atoms with E-state index >= 15 is 0 Å². The summed E-state index contributed by atoms with van der Waals surface area (Å²) in [5.74, 6) is -0.218. The molecule has 6 heteroatoms. The largest absolute Gasteiger partial charge is 0.478 e. The average molecular weight is 276 g/mol. The number of aromatic nitrogens is 2. The quantitative estimate of drug-likeness (QED) is 0.911.